The third kappa shape index (κ3) is 4.68. The molecule has 8 heteroatoms. The van der Waals surface area contributed by atoms with E-state index < -0.39 is 0 Å². The number of pyridine rings is 1. The van der Waals surface area contributed by atoms with Gasteiger partial charge >= 0.3 is 0 Å². The van der Waals surface area contributed by atoms with Crippen molar-refractivity contribution in [2.24, 2.45) is 0 Å². The number of nitrogens with zero attached hydrogens (tertiary/aromatic N) is 4. The highest BCUT2D eigenvalue weighted by Gasteiger charge is 2.17. The molecule has 0 unspecified atom stereocenters. The summed E-state index contributed by atoms with van der Waals surface area (Å²) in [4.78, 5) is 21.6. The van der Waals surface area contributed by atoms with Gasteiger partial charge in [-0.1, -0.05) is 25.1 Å². The minimum absolute atomic E-state index is 0. The highest BCUT2D eigenvalue weighted by molar-refractivity contribution is 5.68. The summed E-state index contributed by atoms with van der Waals surface area (Å²) in [7, 11) is 1.81. The maximum absolute atomic E-state index is 14.7. The van der Waals surface area contributed by atoms with Crippen LogP contribution < -0.4 is 10.9 Å². The van der Waals surface area contributed by atoms with E-state index in [4.69, 9.17) is 9.51 Å². The Bertz CT molecular complexity index is 1360. The van der Waals surface area contributed by atoms with Gasteiger partial charge in [-0.15, -0.1) is 0 Å². The number of hydrogen-bond donors (Lipinski definition) is 1. The minimum atomic E-state index is -0.368. The number of nitrogens with one attached hydrogen (secondary N) is 1. The van der Waals surface area contributed by atoms with E-state index >= 15 is 0 Å². The van der Waals surface area contributed by atoms with Crippen LogP contribution in [0, 0.1) is 12.7 Å². The van der Waals surface area contributed by atoms with Gasteiger partial charge < -0.3 is 14.4 Å². The van der Waals surface area contributed by atoms with Crippen LogP contribution in [0.3, 0.4) is 0 Å². The van der Waals surface area contributed by atoms with Crippen molar-refractivity contribution in [3.63, 3.8) is 0 Å². The molecule has 0 radical (unpaired) electrons. The lowest BCUT2D eigenvalue weighted by Crippen LogP contribution is -2.23. The Labute approximate surface area is 199 Å². The molecule has 0 atom stereocenters. The van der Waals surface area contributed by atoms with Crippen molar-refractivity contribution in [1.29, 1.82) is 0 Å². The van der Waals surface area contributed by atoms with Crippen molar-refractivity contribution in [3.05, 3.63) is 76.2 Å². The highest BCUT2D eigenvalue weighted by Crippen LogP contribution is 2.30. The SMILES string of the molecule is CCC(CC)n1cc(-c2cnc(C)c(-c3cc(-c4ccc(CNC)cc4F)no3)n2)ccc1=O.[HH]. The molecule has 178 valence electrons. The lowest BCUT2D eigenvalue weighted by Gasteiger charge is -2.17. The van der Waals surface area contributed by atoms with Gasteiger partial charge in [0.15, 0.2) is 5.76 Å². The molecule has 0 fully saturated rings. The molecule has 4 rings (SSSR count). The van der Waals surface area contributed by atoms with Crippen molar-refractivity contribution >= 4 is 0 Å². The van der Waals surface area contributed by atoms with Gasteiger partial charge in [0.25, 0.3) is 5.56 Å². The number of aryl methyl sites for hydroxylation is 1. The summed E-state index contributed by atoms with van der Waals surface area (Å²) in [5.74, 6) is 0.0293. The zero-order valence-corrected chi connectivity index (χ0v) is 19.8. The molecule has 0 aliphatic heterocycles. The Morgan fingerprint density at radius 2 is 1.94 bits per heavy atom. The molecule has 3 heterocycles. The van der Waals surface area contributed by atoms with Crippen LogP contribution in [0.4, 0.5) is 4.39 Å². The van der Waals surface area contributed by atoms with E-state index in [1.807, 2.05) is 26.2 Å². The van der Waals surface area contributed by atoms with Crippen LogP contribution in [-0.2, 0) is 6.54 Å². The second-order valence-electron chi connectivity index (χ2n) is 8.24. The molecule has 0 aliphatic rings. The van der Waals surface area contributed by atoms with Gasteiger partial charge in [0.1, 0.15) is 17.2 Å². The minimum Gasteiger partial charge on any atom is -0.354 e. The Kier molecular flexibility index (Phi) is 6.98. The van der Waals surface area contributed by atoms with Gasteiger partial charge in [-0.25, -0.2) is 9.37 Å². The van der Waals surface area contributed by atoms with E-state index in [-0.39, 0.29) is 18.8 Å². The summed E-state index contributed by atoms with van der Waals surface area (Å²) in [6, 6.07) is 10.1. The summed E-state index contributed by atoms with van der Waals surface area (Å²) in [6.45, 7) is 6.53. The van der Waals surface area contributed by atoms with Crippen molar-refractivity contribution in [2.75, 3.05) is 7.05 Å². The maximum Gasteiger partial charge on any atom is 0.250 e. The molecule has 0 spiro atoms. The van der Waals surface area contributed by atoms with Crippen LogP contribution in [-0.4, -0.2) is 26.7 Å². The van der Waals surface area contributed by atoms with Crippen molar-refractivity contribution in [1.82, 2.24) is 25.0 Å². The van der Waals surface area contributed by atoms with Gasteiger partial charge in [0, 0.05) is 43.5 Å². The van der Waals surface area contributed by atoms with E-state index in [9.17, 15) is 9.18 Å². The number of rotatable bonds is 8. The fourth-order valence-corrected chi connectivity index (χ4v) is 4.04. The molecule has 0 saturated carbocycles. The van der Waals surface area contributed by atoms with E-state index in [1.54, 1.807) is 35.0 Å². The van der Waals surface area contributed by atoms with E-state index in [2.05, 4.69) is 29.3 Å². The molecule has 3 aromatic heterocycles. The van der Waals surface area contributed by atoms with E-state index in [0.717, 1.165) is 24.0 Å². The number of benzene rings is 1. The summed E-state index contributed by atoms with van der Waals surface area (Å²) < 4.78 is 22.0. The van der Waals surface area contributed by atoms with Crippen molar-refractivity contribution in [3.8, 4) is 34.0 Å². The largest absolute Gasteiger partial charge is 0.354 e. The van der Waals surface area contributed by atoms with Crippen LogP contribution in [0.25, 0.3) is 34.0 Å². The molecule has 0 aliphatic carbocycles. The smallest absolute Gasteiger partial charge is 0.250 e. The highest BCUT2D eigenvalue weighted by atomic mass is 19.1. The molecule has 4 aromatic rings. The predicted octanol–water partition coefficient (Wildman–Crippen LogP) is 5.40. The Balaban J connectivity index is 0.00000342. The molecule has 34 heavy (non-hydrogen) atoms. The van der Waals surface area contributed by atoms with Crippen molar-refractivity contribution in [2.45, 2.75) is 46.2 Å². The predicted molar refractivity (Wildman–Crippen MR) is 132 cm³/mol. The van der Waals surface area contributed by atoms with Gasteiger partial charge in [-0.3, -0.25) is 9.78 Å². The van der Waals surface area contributed by atoms with Gasteiger partial charge in [-0.05, 0) is 50.6 Å². The molecule has 1 N–H and O–H groups in total. The Morgan fingerprint density at radius 3 is 2.65 bits per heavy atom. The van der Waals surface area contributed by atoms with Crippen molar-refractivity contribution < 1.29 is 10.3 Å². The van der Waals surface area contributed by atoms with Gasteiger partial charge in [0.05, 0.1) is 17.6 Å². The van der Waals surface area contributed by atoms with Gasteiger partial charge in [0.2, 0.25) is 0 Å². The standard InChI is InChI=1S/C26H28FN5O2.H2/c1-5-19(6-2)32-15-18(8-10-25(32)33)23-14-29-16(3)26(30-23)24-12-22(31-34-24)20-9-7-17(13-28-4)11-21(20)27;/h7-12,14-15,19,28H,5-6,13H2,1-4H3;1H. The van der Waals surface area contributed by atoms with Crippen LogP contribution in [0.15, 0.2) is 58.1 Å². The normalized spacial score (nSPS) is 11.4. The van der Waals surface area contributed by atoms with Gasteiger partial charge in [-0.2, -0.15) is 0 Å². The fraction of sp³-hybridized carbons (Fsp3) is 0.308. The monoisotopic (exact) mass is 463 g/mol. The first-order valence-corrected chi connectivity index (χ1v) is 11.4. The summed E-state index contributed by atoms with van der Waals surface area (Å²) >= 11 is 0. The number of hydrogen-bond acceptors (Lipinski definition) is 6. The lowest BCUT2D eigenvalue weighted by atomic mass is 10.1. The quantitative estimate of drug-likeness (QED) is 0.376. The number of halogens is 1. The Hall–Kier alpha value is -3.65. The molecule has 0 saturated heterocycles. The van der Waals surface area contributed by atoms with Crippen LogP contribution in [0.2, 0.25) is 0 Å². The second-order valence-corrected chi connectivity index (χ2v) is 8.24. The molecule has 7 nitrogen and oxygen atoms in total. The molecule has 0 amide bonds. The number of aromatic nitrogens is 4. The average Bonchev–Trinajstić information content (AvgIpc) is 3.31. The lowest BCUT2D eigenvalue weighted by molar-refractivity contribution is 0.432. The second kappa shape index (κ2) is 10.1. The molecular weight excluding hydrogens is 433 g/mol. The summed E-state index contributed by atoms with van der Waals surface area (Å²) in [6.07, 6.45) is 5.22. The first kappa shape index (κ1) is 23.5. The summed E-state index contributed by atoms with van der Waals surface area (Å²) in [5.41, 5.74) is 4.11. The zero-order chi connectivity index (χ0) is 24.2. The van der Waals surface area contributed by atoms with E-state index in [1.165, 1.54) is 6.07 Å². The first-order chi connectivity index (χ1) is 16.4. The average molecular weight is 464 g/mol. The van der Waals surface area contributed by atoms with Crippen LogP contribution >= 0.6 is 0 Å². The molecular formula is C26H30FN5O2. The molecule has 0 bridgehead atoms. The first-order valence-electron chi connectivity index (χ1n) is 11.4. The van der Waals surface area contributed by atoms with Crippen LogP contribution in [0.1, 0.15) is 45.4 Å². The maximum atomic E-state index is 14.7. The zero-order valence-electron chi connectivity index (χ0n) is 19.8. The third-order valence-corrected chi connectivity index (χ3v) is 5.96. The topological polar surface area (TPSA) is 85.8 Å². The van der Waals surface area contributed by atoms with Crippen LogP contribution in [0.5, 0.6) is 0 Å². The summed E-state index contributed by atoms with van der Waals surface area (Å²) in [5, 5.41) is 7.08. The Morgan fingerprint density at radius 1 is 1.15 bits per heavy atom. The third-order valence-electron chi connectivity index (χ3n) is 5.96. The fourth-order valence-electron chi connectivity index (χ4n) is 4.04. The van der Waals surface area contributed by atoms with E-state index in [0.29, 0.717) is 40.6 Å². The molecule has 1 aromatic carbocycles.